The molecule has 1 atom stereocenters. The molecule has 1 unspecified atom stereocenters. The molecule has 1 aromatic rings. The van der Waals surface area contributed by atoms with Crippen molar-refractivity contribution in [2.75, 3.05) is 63.8 Å². The standard InChI is InChI=1S/C22H35N3O6/c1-16(2)31-12-11-30-15-18(26)14-24(3)22(28)23-19-13-17(21(27)29-4)7-8-20(19)25-9-5-6-10-25/h7-8,13,16,18,26H,5-6,9-12,14-15H2,1-4H3,(H,23,28). The first-order chi connectivity index (χ1) is 14.8. The maximum Gasteiger partial charge on any atom is 0.337 e. The second-order valence-electron chi connectivity index (χ2n) is 7.88. The van der Waals surface area contributed by atoms with E-state index in [-0.39, 0.29) is 25.3 Å². The van der Waals surface area contributed by atoms with Crippen LogP contribution in [0.15, 0.2) is 18.2 Å². The Bertz CT molecular complexity index is 721. The fourth-order valence-corrected chi connectivity index (χ4v) is 3.34. The lowest BCUT2D eigenvalue weighted by molar-refractivity contribution is -0.0144. The third-order valence-electron chi connectivity index (χ3n) is 4.93. The number of carbonyl (C=O) groups excluding carboxylic acids is 2. The summed E-state index contributed by atoms with van der Waals surface area (Å²) < 4.78 is 15.6. The molecule has 0 radical (unpaired) electrons. The predicted octanol–water partition coefficient (Wildman–Crippen LogP) is 2.34. The minimum atomic E-state index is -0.825. The highest BCUT2D eigenvalue weighted by atomic mass is 16.5. The van der Waals surface area contributed by atoms with Crippen molar-refractivity contribution in [1.82, 2.24) is 4.90 Å². The summed E-state index contributed by atoms with van der Waals surface area (Å²) in [7, 11) is 2.92. The van der Waals surface area contributed by atoms with Crippen molar-refractivity contribution < 1.29 is 28.9 Å². The van der Waals surface area contributed by atoms with E-state index in [1.165, 1.54) is 12.0 Å². The van der Waals surface area contributed by atoms with Crippen molar-refractivity contribution in [3.8, 4) is 0 Å². The van der Waals surface area contributed by atoms with Gasteiger partial charge in [0.2, 0.25) is 0 Å². The van der Waals surface area contributed by atoms with E-state index in [0.29, 0.717) is 24.5 Å². The molecule has 0 aliphatic carbocycles. The number of rotatable bonds is 11. The number of nitrogens with zero attached hydrogens (tertiary/aromatic N) is 2. The number of nitrogens with one attached hydrogen (secondary N) is 1. The number of aliphatic hydroxyl groups is 1. The number of benzene rings is 1. The van der Waals surface area contributed by atoms with Gasteiger partial charge in [0.25, 0.3) is 0 Å². The van der Waals surface area contributed by atoms with Crippen LogP contribution in [0.5, 0.6) is 0 Å². The van der Waals surface area contributed by atoms with Crippen LogP contribution in [0.1, 0.15) is 37.0 Å². The largest absolute Gasteiger partial charge is 0.465 e. The summed E-state index contributed by atoms with van der Waals surface area (Å²) in [6.07, 6.45) is 1.47. The summed E-state index contributed by atoms with van der Waals surface area (Å²) >= 11 is 0. The Morgan fingerprint density at radius 1 is 1.23 bits per heavy atom. The van der Waals surface area contributed by atoms with Gasteiger partial charge in [-0.3, -0.25) is 0 Å². The van der Waals surface area contributed by atoms with E-state index in [1.54, 1.807) is 19.2 Å². The van der Waals surface area contributed by atoms with Crippen molar-refractivity contribution in [2.45, 2.75) is 38.9 Å². The van der Waals surface area contributed by atoms with Crippen LogP contribution < -0.4 is 10.2 Å². The number of aliphatic hydroxyl groups excluding tert-OH is 1. The van der Waals surface area contributed by atoms with Gasteiger partial charge in [0, 0.05) is 20.1 Å². The van der Waals surface area contributed by atoms with Crippen molar-refractivity contribution in [2.24, 2.45) is 0 Å². The molecule has 1 aromatic carbocycles. The Morgan fingerprint density at radius 3 is 2.58 bits per heavy atom. The van der Waals surface area contributed by atoms with Gasteiger partial charge in [-0.1, -0.05) is 0 Å². The van der Waals surface area contributed by atoms with Crippen molar-refractivity contribution in [1.29, 1.82) is 0 Å². The SMILES string of the molecule is COC(=O)c1ccc(N2CCCC2)c(NC(=O)N(C)CC(O)COCCOC(C)C)c1. The van der Waals surface area contributed by atoms with Gasteiger partial charge in [-0.15, -0.1) is 0 Å². The van der Waals surface area contributed by atoms with E-state index in [1.807, 2.05) is 19.9 Å². The number of amides is 2. The number of carbonyl (C=O) groups is 2. The second kappa shape index (κ2) is 12.5. The van der Waals surface area contributed by atoms with Gasteiger partial charge in [-0.05, 0) is 44.9 Å². The van der Waals surface area contributed by atoms with E-state index in [2.05, 4.69) is 10.2 Å². The maximum atomic E-state index is 12.7. The molecule has 174 valence electrons. The zero-order valence-corrected chi connectivity index (χ0v) is 18.9. The van der Waals surface area contributed by atoms with Gasteiger partial charge in [-0.25, -0.2) is 9.59 Å². The number of methoxy groups -OCH3 is 1. The molecule has 1 saturated heterocycles. The van der Waals surface area contributed by atoms with Gasteiger partial charge >= 0.3 is 12.0 Å². The summed E-state index contributed by atoms with van der Waals surface area (Å²) in [6.45, 7) is 6.72. The van der Waals surface area contributed by atoms with Crippen LogP contribution in [0.4, 0.5) is 16.2 Å². The third-order valence-corrected chi connectivity index (χ3v) is 4.93. The second-order valence-corrected chi connectivity index (χ2v) is 7.88. The van der Waals surface area contributed by atoms with Crippen LogP contribution in [0.2, 0.25) is 0 Å². The molecule has 31 heavy (non-hydrogen) atoms. The Hall–Kier alpha value is -2.36. The smallest absolute Gasteiger partial charge is 0.337 e. The zero-order valence-electron chi connectivity index (χ0n) is 18.9. The first kappa shape index (κ1) is 24.9. The summed E-state index contributed by atoms with van der Waals surface area (Å²) in [5.41, 5.74) is 1.76. The van der Waals surface area contributed by atoms with Gasteiger partial charge in [0.1, 0.15) is 0 Å². The van der Waals surface area contributed by atoms with Gasteiger partial charge in [0.05, 0.1) is 62.6 Å². The van der Waals surface area contributed by atoms with Gasteiger partial charge in [-0.2, -0.15) is 0 Å². The molecular formula is C22H35N3O6. The van der Waals surface area contributed by atoms with Crippen LogP contribution >= 0.6 is 0 Å². The molecule has 2 N–H and O–H groups in total. The van der Waals surface area contributed by atoms with Crippen molar-refractivity contribution in [3.63, 3.8) is 0 Å². The Morgan fingerprint density at radius 2 is 1.94 bits per heavy atom. The molecular weight excluding hydrogens is 402 g/mol. The number of esters is 1. The van der Waals surface area contributed by atoms with Crippen molar-refractivity contribution >= 4 is 23.4 Å². The monoisotopic (exact) mass is 437 g/mol. The van der Waals surface area contributed by atoms with Crippen molar-refractivity contribution in [3.05, 3.63) is 23.8 Å². The van der Waals surface area contributed by atoms with Crippen LogP contribution in [0.3, 0.4) is 0 Å². The molecule has 0 bridgehead atoms. The fraction of sp³-hybridized carbons (Fsp3) is 0.636. The first-order valence-electron chi connectivity index (χ1n) is 10.7. The predicted molar refractivity (Wildman–Crippen MR) is 119 cm³/mol. The number of urea groups is 1. The lowest BCUT2D eigenvalue weighted by atomic mass is 10.1. The molecule has 2 rings (SSSR count). The highest BCUT2D eigenvalue weighted by molar-refractivity contribution is 5.97. The minimum absolute atomic E-state index is 0.104. The molecule has 2 amide bonds. The van der Waals surface area contributed by atoms with E-state index in [4.69, 9.17) is 14.2 Å². The summed E-state index contributed by atoms with van der Waals surface area (Å²) in [5, 5.41) is 13.0. The first-order valence-corrected chi connectivity index (χ1v) is 10.7. The summed E-state index contributed by atoms with van der Waals surface area (Å²) in [4.78, 5) is 28.2. The number of ether oxygens (including phenoxy) is 3. The van der Waals surface area contributed by atoms with E-state index < -0.39 is 12.1 Å². The number of likely N-dealkylation sites (N-methyl/N-ethyl adjacent to an activating group) is 1. The van der Waals surface area contributed by atoms with E-state index in [9.17, 15) is 14.7 Å². The maximum absolute atomic E-state index is 12.7. The van der Waals surface area contributed by atoms with Crippen LogP contribution in [-0.4, -0.2) is 87.8 Å². The molecule has 1 fully saturated rings. The fourth-order valence-electron chi connectivity index (χ4n) is 3.34. The number of anilines is 2. The topological polar surface area (TPSA) is 101 Å². The normalized spacial score (nSPS) is 14.6. The average Bonchev–Trinajstić information content (AvgIpc) is 3.27. The molecule has 0 aromatic heterocycles. The molecule has 0 saturated carbocycles. The third kappa shape index (κ3) is 8.01. The Balaban J connectivity index is 1.95. The Labute approximate surface area is 184 Å². The molecule has 9 heteroatoms. The van der Waals surface area contributed by atoms with Gasteiger partial charge < -0.3 is 34.4 Å². The molecule has 0 spiro atoms. The average molecular weight is 438 g/mol. The molecule has 1 aliphatic heterocycles. The van der Waals surface area contributed by atoms with Crippen LogP contribution in [-0.2, 0) is 14.2 Å². The highest BCUT2D eigenvalue weighted by Crippen LogP contribution is 2.30. The lowest BCUT2D eigenvalue weighted by Gasteiger charge is -2.25. The van der Waals surface area contributed by atoms with Crippen LogP contribution in [0.25, 0.3) is 0 Å². The van der Waals surface area contributed by atoms with Crippen LogP contribution in [0, 0.1) is 0 Å². The zero-order chi connectivity index (χ0) is 22.8. The summed E-state index contributed by atoms with van der Waals surface area (Å²) in [5.74, 6) is -0.467. The lowest BCUT2D eigenvalue weighted by Crippen LogP contribution is -2.39. The molecule has 9 nitrogen and oxygen atoms in total. The highest BCUT2D eigenvalue weighted by Gasteiger charge is 2.21. The molecule has 1 heterocycles. The summed E-state index contributed by atoms with van der Waals surface area (Å²) in [6, 6.07) is 4.77. The Kier molecular flexibility index (Phi) is 10.0. The quantitative estimate of drug-likeness (QED) is 0.405. The van der Waals surface area contributed by atoms with E-state index in [0.717, 1.165) is 31.6 Å². The minimum Gasteiger partial charge on any atom is -0.465 e. The number of hydrogen-bond donors (Lipinski definition) is 2. The number of hydrogen-bond acceptors (Lipinski definition) is 7. The van der Waals surface area contributed by atoms with E-state index >= 15 is 0 Å². The van der Waals surface area contributed by atoms with Gasteiger partial charge in [0.15, 0.2) is 0 Å². The molecule has 1 aliphatic rings.